The first-order chi connectivity index (χ1) is 20.6. The van der Waals surface area contributed by atoms with Gasteiger partial charge in [-0.05, 0) is 64.7 Å². The van der Waals surface area contributed by atoms with Crippen molar-refractivity contribution < 1.29 is 12.8 Å². The Kier molecular flexibility index (Phi) is 7.69. The quantitative estimate of drug-likeness (QED) is 0.225. The van der Waals surface area contributed by atoms with Crippen molar-refractivity contribution in [1.29, 1.82) is 0 Å². The first-order valence-electron chi connectivity index (χ1n) is 13.8. The third-order valence-corrected chi connectivity index (χ3v) is 9.30. The summed E-state index contributed by atoms with van der Waals surface area (Å²) in [6.45, 7) is 5.28. The molecule has 0 saturated heterocycles. The molecule has 1 aliphatic carbocycles. The number of fused-ring (bicyclic) bond motifs is 1. The number of hydrogen-bond acceptors (Lipinski definition) is 10. The van der Waals surface area contributed by atoms with E-state index in [0.717, 1.165) is 34.5 Å². The van der Waals surface area contributed by atoms with E-state index in [1.165, 1.54) is 18.7 Å². The van der Waals surface area contributed by atoms with Crippen molar-refractivity contribution in [2.75, 3.05) is 10.6 Å². The van der Waals surface area contributed by atoms with Crippen molar-refractivity contribution in [2.24, 2.45) is 0 Å². The molecule has 222 valence electrons. The molecule has 2 atom stereocenters. The molecule has 0 spiro atoms. The summed E-state index contributed by atoms with van der Waals surface area (Å²) < 4.78 is 43.7. The van der Waals surface area contributed by atoms with E-state index >= 15 is 4.39 Å². The lowest BCUT2D eigenvalue weighted by atomic mass is 9.91. The maximum atomic E-state index is 15.4. The van der Waals surface area contributed by atoms with Crippen molar-refractivity contribution in [1.82, 2.24) is 33.9 Å². The predicted octanol–water partition coefficient (Wildman–Crippen LogP) is 5.47. The number of nitrogens with zero attached hydrogens (tertiary/aromatic N) is 7. The summed E-state index contributed by atoms with van der Waals surface area (Å²) in [5.74, 6) is 0.0931. The van der Waals surface area contributed by atoms with Crippen LogP contribution in [0.3, 0.4) is 0 Å². The Morgan fingerprint density at radius 2 is 1.74 bits per heavy atom. The number of anilines is 2. The molecule has 11 nitrogen and oxygen atoms in total. The van der Waals surface area contributed by atoms with Gasteiger partial charge in [-0.15, -0.1) is 0 Å². The maximum Gasteiger partial charge on any atom is 0.269 e. The fourth-order valence-electron chi connectivity index (χ4n) is 5.32. The van der Waals surface area contributed by atoms with E-state index in [4.69, 9.17) is 11.6 Å². The van der Waals surface area contributed by atoms with E-state index in [-0.39, 0.29) is 40.0 Å². The number of aromatic nitrogens is 7. The second-order valence-corrected chi connectivity index (χ2v) is 12.9. The van der Waals surface area contributed by atoms with Crippen LogP contribution in [0.5, 0.6) is 0 Å². The number of nitrogens with one attached hydrogen (secondary N) is 2. The van der Waals surface area contributed by atoms with Crippen LogP contribution in [0, 0.1) is 26.6 Å². The fourth-order valence-corrected chi connectivity index (χ4v) is 6.88. The van der Waals surface area contributed by atoms with Crippen molar-refractivity contribution in [3.63, 3.8) is 0 Å². The molecule has 0 unspecified atom stereocenters. The number of benzene rings is 1. The third-order valence-electron chi connectivity index (χ3n) is 7.44. The van der Waals surface area contributed by atoms with Gasteiger partial charge in [0.05, 0.1) is 10.6 Å². The van der Waals surface area contributed by atoms with Crippen LogP contribution in [0.25, 0.3) is 22.4 Å². The Labute approximate surface area is 253 Å². The van der Waals surface area contributed by atoms with Gasteiger partial charge in [-0.25, -0.2) is 46.7 Å². The molecule has 6 rings (SSSR count). The van der Waals surface area contributed by atoms with Gasteiger partial charge in [-0.1, -0.05) is 29.3 Å². The molecule has 2 N–H and O–H groups in total. The zero-order valence-corrected chi connectivity index (χ0v) is 25.3. The number of hydrogen-bond donors (Lipinski definition) is 2. The van der Waals surface area contributed by atoms with Crippen LogP contribution in [0.1, 0.15) is 42.6 Å². The molecular weight excluding hydrogens is 593 g/mol. The highest BCUT2D eigenvalue weighted by Crippen LogP contribution is 2.32. The van der Waals surface area contributed by atoms with Crippen molar-refractivity contribution >= 4 is 44.4 Å². The molecule has 1 aliphatic rings. The van der Waals surface area contributed by atoms with Gasteiger partial charge in [0.1, 0.15) is 11.5 Å². The minimum Gasteiger partial charge on any atom is -0.365 e. The van der Waals surface area contributed by atoms with E-state index in [1.807, 2.05) is 13.8 Å². The molecule has 1 saturated carbocycles. The average Bonchev–Trinajstić information content (AvgIpc) is 3.36. The lowest BCUT2D eigenvalue weighted by molar-refractivity contribution is 0.423. The standard InChI is InChI=1S/C29H29ClFN9O2S/c1-16-7-9-21(10-8-16)43(41,42)40-14-23(22-13-32-15-33-28(22)40)26-35-18(3)25(31)27(39-26)36-19-5-4-6-20(12-19)37-29-34-17(2)11-24(30)38-29/h7-11,13-15,19-20H,4-6,12H2,1-3H3,(H,34,37,38)(H,35,36,39)/t19-,20+/m1/s1. The summed E-state index contributed by atoms with van der Waals surface area (Å²) in [5, 5.41) is 7.40. The summed E-state index contributed by atoms with van der Waals surface area (Å²) in [6.07, 6.45) is 7.49. The molecule has 0 amide bonds. The number of rotatable bonds is 7. The van der Waals surface area contributed by atoms with Gasteiger partial charge < -0.3 is 10.6 Å². The van der Waals surface area contributed by atoms with Gasteiger partial charge in [0.15, 0.2) is 23.1 Å². The molecule has 14 heteroatoms. The summed E-state index contributed by atoms with van der Waals surface area (Å²) in [7, 11) is -4.00. The van der Waals surface area contributed by atoms with Gasteiger partial charge in [0, 0.05) is 41.1 Å². The molecule has 5 aromatic rings. The molecule has 4 heterocycles. The molecule has 1 fully saturated rings. The Balaban J connectivity index is 1.31. The van der Waals surface area contributed by atoms with Gasteiger partial charge >= 0.3 is 0 Å². The monoisotopic (exact) mass is 621 g/mol. The lowest BCUT2D eigenvalue weighted by Crippen LogP contribution is -2.35. The van der Waals surface area contributed by atoms with Gasteiger partial charge in [0.25, 0.3) is 10.0 Å². The van der Waals surface area contributed by atoms with Gasteiger partial charge in [-0.3, -0.25) is 0 Å². The predicted molar refractivity (Wildman–Crippen MR) is 162 cm³/mol. The van der Waals surface area contributed by atoms with Gasteiger partial charge in [-0.2, -0.15) is 0 Å². The Morgan fingerprint density at radius 3 is 2.49 bits per heavy atom. The molecule has 4 aromatic heterocycles. The van der Waals surface area contributed by atoms with Crippen LogP contribution >= 0.6 is 11.6 Å². The highest BCUT2D eigenvalue weighted by Gasteiger charge is 2.27. The third kappa shape index (κ3) is 5.87. The normalized spacial score (nSPS) is 17.2. The molecular formula is C29H29ClFN9O2S. The van der Waals surface area contributed by atoms with Crippen LogP contribution in [0.4, 0.5) is 16.2 Å². The average molecular weight is 622 g/mol. The maximum absolute atomic E-state index is 15.4. The van der Waals surface area contributed by atoms with Gasteiger partial charge in [0.2, 0.25) is 5.95 Å². The zero-order valence-electron chi connectivity index (χ0n) is 23.7. The second kappa shape index (κ2) is 11.5. The minimum atomic E-state index is -4.00. The van der Waals surface area contributed by atoms with E-state index in [2.05, 4.69) is 40.5 Å². The topological polar surface area (TPSA) is 140 Å². The summed E-state index contributed by atoms with van der Waals surface area (Å²) >= 11 is 6.10. The van der Waals surface area contributed by atoms with Crippen LogP contribution in [0.15, 0.2) is 53.9 Å². The number of aryl methyl sites for hydroxylation is 3. The van der Waals surface area contributed by atoms with Crippen LogP contribution in [-0.2, 0) is 10.0 Å². The van der Waals surface area contributed by atoms with Crippen molar-refractivity contribution in [3.8, 4) is 11.4 Å². The van der Waals surface area contributed by atoms with E-state index in [0.29, 0.717) is 28.5 Å². The van der Waals surface area contributed by atoms with Crippen LogP contribution in [0.2, 0.25) is 5.15 Å². The van der Waals surface area contributed by atoms with Crippen molar-refractivity contribution in [2.45, 2.75) is 63.4 Å². The first kappa shape index (κ1) is 28.9. The number of halogens is 2. The lowest BCUT2D eigenvalue weighted by Gasteiger charge is -2.31. The second-order valence-electron chi connectivity index (χ2n) is 10.7. The van der Waals surface area contributed by atoms with Crippen LogP contribution in [-0.4, -0.2) is 54.4 Å². The molecule has 43 heavy (non-hydrogen) atoms. The Morgan fingerprint density at radius 1 is 1.00 bits per heavy atom. The largest absolute Gasteiger partial charge is 0.365 e. The van der Waals surface area contributed by atoms with Crippen LogP contribution < -0.4 is 10.6 Å². The molecule has 1 aromatic carbocycles. The van der Waals surface area contributed by atoms with E-state index < -0.39 is 15.8 Å². The highest BCUT2D eigenvalue weighted by atomic mass is 35.5. The SMILES string of the molecule is Cc1ccc(S(=O)(=O)n2cc(-c3nc(C)c(F)c(N[C@@H]4CCC[C@H](Nc5nc(C)cc(Cl)n5)C4)n3)c3cncnc32)cc1. The minimum absolute atomic E-state index is 0.0436. The smallest absolute Gasteiger partial charge is 0.269 e. The Bertz CT molecular complexity index is 1910. The molecule has 0 radical (unpaired) electrons. The van der Waals surface area contributed by atoms with E-state index in [9.17, 15) is 8.42 Å². The summed E-state index contributed by atoms with van der Waals surface area (Å²) in [5.41, 5.74) is 2.36. The highest BCUT2D eigenvalue weighted by molar-refractivity contribution is 7.90. The Hall–Kier alpha value is -4.23. The molecule has 0 aliphatic heterocycles. The summed E-state index contributed by atoms with van der Waals surface area (Å²) in [6, 6.07) is 8.21. The van der Waals surface area contributed by atoms with E-state index in [1.54, 1.807) is 37.3 Å². The fraction of sp³-hybridized carbons (Fsp3) is 0.310. The molecule has 0 bridgehead atoms. The van der Waals surface area contributed by atoms with Crippen molar-refractivity contribution in [3.05, 3.63) is 77.0 Å². The zero-order chi connectivity index (χ0) is 30.3. The summed E-state index contributed by atoms with van der Waals surface area (Å²) in [4.78, 5) is 26.0. The first-order valence-corrected chi connectivity index (χ1v) is 15.6.